The number of nitrogens with zero attached hydrogens (tertiary/aromatic N) is 3. The van der Waals surface area contributed by atoms with E-state index in [1.807, 2.05) is 4.90 Å². The SMILES string of the molecule is NC(=O)C1CCCN(c2nc(N)ncc2Br)C1. The topological polar surface area (TPSA) is 98.1 Å². The van der Waals surface area contributed by atoms with Crippen molar-refractivity contribution in [2.75, 3.05) is 23.7 Å². The quantitative estimate of drug-likeness (QED) is 0.830. The number of piperidine rings is 1. The minimum absolute atomic E-state index is 0.119. The Kier molecular flexibility index (Phi) is 3.46. The molecule has 1 unspecified atom stereocenters. The van der Waals surface area contributed by atoms with E-state index in [-0.39, 0.29) is 17.8 Å². The van der Waals surface area contributed by atoms with Crippen LogP contribution in [-0.4, -0.2) is 29.0 Å². The highest BCUT2D eigenvalue weighted by atomic mass is 79.9. The summed E-state index contributed by atoms with van der Waals surface area (Å²) in [6.45, 7) is 1.43. The molecule has 1 aromatic rings. The number of hydrogen-bond acceptors (Lipinski definition) is 5. The zero-order chi connectivity index (χ0) is 12.4. The highest BCUT2D eigenvalue weighted by molar-refractivity contribution is 9.10. The van der Waals surface area contributed by atoms with Crippen LogP contribution in [0.15, 0.2) is 10.7 Å². The van der Waals surface area contributed by atoms with Crippen molar-refractivity contribution in [3.63, 3.8) is 0 Å². The van der Waals surface area contributed by atoms with Gasteiger partial charge in [-0.3, -0.25) is 4.79 Å². The molecule has 4 N–H and O–H groups in total. The monoisotopic (exact) mass is 299 g/mol. The molecule has 1 aliphatic rings. The minimum atomic E-state index is -0.257. The van der Waals surface area contributed by atoms with Gasteiger partial charge in [-0.25, -0.2) is 4.98 Å². The van der Waals surface area contributed by atoms with E-state index in [1.54, 1.807) is 6.20 Å². The van der Waals surface area contributed by atoms with Crippen LogP contribution >= 0.6 is 15.9 Å². The molecule has 0 saturated carbocycles. The van der Waals surface area contributed by atoms with E-state index in [1.165, 1.54) is 0 Å². The molecule has 0 spiro atoms. The van der Waals surface area contributed by atoms with Gasteiger partial charge in [0.25, 0.3) is 0 Å². The van der Waals surface area contributed by atoms with Crippen LogP contribution in [0.3, 0.4) is 0 Å². The smallest absolute Gasteiger partial charge is 0.222 e. The number of halogens is 1. The molecule has 1 atom stereocenters. The fourth-order valence-electron chi connectivity index (χ4n) is 1.99. The molecule has 1 amide bonds. The fourth-order valence-corrected chi connectivity index (χ4v) is 2.44. The van der Waals surface area contributed by atoms with Crippen molar-refractivity contribution < 1.29 is 4.79 Å². The number of aromatic nitrogens is 2. The second-order valence-electron chi connectivity index (χ2n) is 4.09. The Morgan fingerprint density at radius 3 is 3.06 bits per heavy atom. The van der Waals surface area contributed by atoms with Crippen molar-refractivity contribution in [1.82, 2.24) is 9.97 Å². The molecule has 0 aromatic carbocycles. The third-order valence-electron chi connectivity index (χ3n) is 2.87. The normalized spacial score (nSPS) is 20.3. The summed E-state index contributed by atoms with van der Waals surface area (Å²) in [6.07, 6.45) is 3.37. The predicted molar refractivity (Wildman–Crippen MR) is 68.3 cm³/mol. The highest BCUT2D eigenvalue weighted by Gasteiger charge is 2.26. The summed E-state index contributed by atoms with van der Waals surface area (Å²) < 4.78 is 0.775. The molecular formula is C10H14BrN5O. The Morgan fingerprint density at radius 1 is 1.59 bits per heavy atom. The van der Waals surface area contributed by atoms with Gasteiger partial charge in [0.2, 0.25) is 11.9 Å². The summed E-state index contributed by atoms with van der Waals surface area (Å²) in [5.41, 5.74) is 10.9. The molecule has 7 heteroatoms. The largest absolute Gasteiger partial charge is 0.369 e. The average Bonchev–Trinajstić information content (AvgIpc) is 2.32. The highest BCUT2D eigenvalue weighted by Crippen LogP contribution is 2.28. The maximum absolute atomic E-state index is 11.2. The van der Waals surface area contributed by atoms with Gasteiger partial charge in [-0.15, -0.1) is 0 Å². The van der Waals surface area contributed by atoms with Crippen LogP contribution in [-0.2, 0) is 4.79 Å². The van der Waals surface area contributed by atoms with Crippen LogP contribution < -0.4 is 16.4 Å². The predicted octanol–water partition coefficient (Wildman–Crippen LogP) is 0.523. The van der Waals surface area contributed by atoms with E-state index in [2.05, 4.69) is 25.9 Å². The van der Waals surface area contributed by atoms with Crippen LogP contribution in [0.25, 0.3) is 0 Å². The number of nitrogens with two attached hydrogens (primary N) is 2. The lowest BCUT2D eigenvalue weighted by Gasteiger charge is -2.32. The number of carbonyl (C=O) groups excluding carboxylic acids is 1. The van der Waals surface area contributed by atoms with Gasteiger partial charge in [0.1, 0.15) is 5.82 Å². The molecule has 2 heterocycles. The van der Waals surface area contributed by atoms with Crippen molar-refractivity contribution in [1.29, 1.82) is 0 Å². The summed E-state index contributed by atoms with van der Waals surface area (Å²) in [5.74, 6) is 0.576. The molecule has 2 rings (SSSR count). The van der Waals surface area contributed by atoms with Gasteiger partial charge in [-0.1, -0.05) is 0 Å². The van der Waals surface area contributed by atoms with E-state index in [0.29, 0.717) is 6.54 Å². The first kappa shape index (κ1) is 12.1. The summed E-state index contributed by atoms with van der Waals surface area (Å²) in [7, 11) is 0. The zero-order valence-electron chi connectivity index (χ0n) is 9.27. The average molecular weight is 300 g/mol. The Balaban J connectivity index is 2.21. The summed E-state index contributed by atoms with van der Waals surface area (Å²) in [6, 6.07) is 0. The number of nitrogen functional groups attached to an aromatic ring is 1. The summed E-state index contributed by atoms with van der Waals surface area (Å²) in [4.78, 5) is 21.3. The number of hydrogen-bond donors (Lipinski definition) is 2. The van der Waals surface area contributed by atoms with Crippen molar-refractivity contribution in [2.45, 2.75) is 12.8 Å². The van der Waals surface area contributed by atoms with E-state index < -0.39 is 0 Å². The Hall–Kier alpha value is -1.37. The third kappa shape index (κ3) is 2.66. The van der Waals surface area contributed by atoms with Crippen molar-refractivity contribution >= 4 is 33.6 Å². The first-order chi connectivity index (χ1) is 8.08. The molecule has 0 bridgehead atoms. The van der Waals surface area contributed by atoms with Gasteiger partial charge in [-0.2, -0.15) is 4.98 Å². The van der Waals surface area contributed by atoms with E-state index in [0.717, 1.165) is 29.7 Å². The molecule has 92 valence electrons. The third-order valence-corrected chi connectivity index (χ3v) is 3.43. The van der Waals surface area contributed by atoms with Gasteiger partial charge < -0.3 is 16.4 Å². The first-order valence-electron chi connectivity index (χ1n) is 5.40. The minimum Gasteiger partial charge on any atom is -0.369 e. The Morgan fingerprint density at radius 2 is 2.35 bits per heavy atom. The molecule has 6 nitrogen and oxygen atoms in total. The van der Waals surface area contributed by atoms with Gasteiger partial charge >= 0.3 is 0 Å². The lowest BCUT2D eigenvalue weighted by atomic mass is 9.97. The molecule has 1 fully saturated rings. The molecule has 0 radical (unpaired) electrons. The number of amides is 1. The summed E-state index contributed by atoms with van der Waals surface area (Å²) >= 11 is 3.38. The molecule has 17 heavy (non-hydrogen) atoms. The van der Waals surface area contributed by atoms with Gasteiger partial charge in [0.05, 0.1) is 10.4 Å². The molecule has 0 aliphatic carbocycles. The van der Waals surface area contributed by atoms with Crippen molar-refractivity contribution in [3.05, 3.63) is 10.7 Å². The van der Waals surface area contributed by atoms with E-state index >= 15 is 0 Å². The number of primary amides is 1. The lowest BCUT2D eigenvalue weighted by molar-refractivity contribution is -0.122. The Labute approximate surface area is 108 Å². The first-order valence-corrected chi connectivity index (χ1v) is 6.19. The van der Waals surface area contributed by atoms with Crippen LogP contribution in [0.5, 0.6) is 0 Å². The van der Waals surface area contributed by atoms with Crippen LogP contribution in [0.2, 0.25) is 0 Å². The number of anilines is 2. The van der Waals surface area contributed by atoms with Gasteiger partial charge in [0.15, 0.2) is 0 Å². The number of carbonyl (C=O) groups is 1. The fraction of sp³-hybridized carbons (Fsp3) is 0.500. The molecule has 1 saturated heterocycles. The van der Waals surface area contributed by atoms with Crippen LogP contribution in [0, 0.1) is 5.92 Å². The Bertz CT molecular complexity index is 439. The zero-order valence-corrected chi connectivity index (χ0v) is 10.9. The molecule has 1 aromatic heterocycles. The van der Waals surface area contributed by atoms with Gasteiger partial charge in [-0.05, 0) is 28.8 Å². The van der Waals surface area contributed by atoms with Crippen molar-refractivity contribution in [2.24, 2.45) is 11.7 Å². The van der Waals surface area contributed by atoms with Crippen LogP contribution in [0.4, 0.5) is 11.8 Å². The van der Waals surface area contributed by atoms with E-state index in [9.17, 15) is 4.79 Å². The summed E-state index contributed by atoms with van der Waals surface area (Å²) in [5, 5.41) is 0. The second-order valence-corrected chi connectivity index (χ2v) is 4.94. The molecule has 1 aliphatic heterocycles. The maximum atomic E-state index is 11.2. The van der Waals surface area contributed by atoms with Crippen LogP contribution in [0.1, 0.15) is 12.8 Å². The van der Waals surface area contributed by atoms with E-state index in [4.69, 9.17) is 11.5 Å². The lowest BCUT2D eigenvalue weighted by Crippen LogP contribution is -2.41. The van der Waals surface area contributed by atoms with Gasteiger partial charge in [0, 0.05) is 19.3 Å². The standard InChI is InChI=1S/C10H14BrN5O/c11-7-4-14-10(13)15-9(7)16-3-1-2-6(5-16)8(12)17/h4,6H,1-3,5H2,(H2,12,17)(H2,13,14,15). The second kappa shape index (κ2) is 4.87. The maximum Gasteiger partial charge on any atom is 0.222 e. The molecular weight excluding hydrogens is 286 g/mol. The number of rotatable bonds is 2. The van der Waals surface area contributed by atoms with Crippen molar-refractivity contribution in [3.8, 4) is 0 Å².